The van der Waals surface area contributed by atoms with E-state index < -0.39 is 6.09 Å². The highest BCUT2D eigenvalue weighted by atomic mass is 16.6. The Kier molecular flexibility index (Phi) is 42.9. The fourth-order valence-corrected chi connectivity index (χ4v) is 6.87. The summed E-state index contributed by atoms with van der Waals surface area (Å²) in [7, 11) is 1.62. The number of nitrogens with one attached hydrogen (secondary N) is 1. The molecule has 0 saturated carbocycles. The van der Waals surface area contributed by atoms with Crippen LogP contribution in [-0.4, -0.2) is 58.2 Å². The number of ether oxygens (including phenoxy) is 4. The van der Waals surface area contributed by atoms with Crippen LogP contribution in [0.3, 0.4) is 0 Å². The second-order valence-electron chi connectivity index (χ2n) is 15.4. The molecule has 310 valence electrons. The van der Waals surface area contributed by atoms with Gasteiger partial charge in [0.15, 0.2) is 0 Å². The van der Waals surface area contributed by atoms with Gasteiger partial charge >= 0.3 is 12.1 Å². The van der Waals surface area contributed by atoms with Gasteiger partial charge in [0.05, 0.1) is 26.4 Å². The molecule has 0 fully saturated rings. The summed E-state index contributed by atoms with van der Waals surface area (Å²) in [5.74, 6) is -0.145. The highest BCUT2D eigenvalue weighted by molar-refractivity contribution is 5.70. The molecule has 1 unspecified atom stereocenters. The molecule has 0 spiro atoms. The lowest BCUT2D eigenvalue weighted by molar-refractivity contribution is -0.149. The first-order chi connectivity index (χ1) is 25.6. The van der Waals surface area contributed by atoms with Crippen LogP contribution in [0.15, 0.2) is 0 Å². The Bertz CT molecular complexity index is 720. The summed E-state index contributed by atoms with van der Waals surface area (Å²) in [5.41, 5.74) is 0. The summed E-state index contributed by atoms with van der Waals surface area (Å²) in [5, 5.41) is 2.80. The van der Waals surface area contributed by atoms with Crippen molar-refractivity contribution in [3.8, 4) is 0 Å². The predicted octanol–water partition coefficient (Wildman–Crippen LogP) is 13.6. The number of alkyl carbamates (subject to hydrolysis) is 1. The summed E-state index contributed by atoms with van der Waals surface area (Å²) in [6.07, 6.45) is 42.7. The maximum atomic E-state index is 12.7. The van der Waals surface area contributed by atoms with Crippen molar-refractivity contribution in [2.24, 2.45) is 0 Å². The predicted molar refractivity (Wildman–Crippen MR) is 220 cm³/mol. The summed E-state index contributed by atoms with van der Waals surface area (Å²) in [4.78, 5) is 24.9. The molecule has 7 heteroatoms. The summed E-state index contributed by atoms with van der Waals surface area (Å²) in [6, 6.07) is 0. The molecule has 0 aromatic carbocycles. The van der Waals surface area contributed by atoms with Crippen LogP contribution in [0.1, 0.15) is 232 Å². The molecule has 0 aromatic heterocycles. The van der Waals surface area contributed by atoms with Gasteiger partial charge in [-0.2, -0.15) is 0 Å². The first-order valence-electron chi connectivity index (χ1n) is 22.8. The van der Waals surface area contributed by atoms with Crippen LogP contribution in [0.2, 0.25) is 0 Å². The van der Waals surface area contributed by atoms with Crippen molar-refractivity contribution in [2.75, 3.05) is 40.1 Å². The van der Waals surface area contributed by atoms with Gasteiger partial charge in [-0.25, -0.2) is 4.79 Å². The lowest BCUT2D eigenvalue weighted by Crippen LogP contribution is -2.35. The minimum absolute atomic E-state index is 0.145. The second kappa shape index (κ2) is 44.1. The number of hydrogen-bond acceptors (Lipinski definition) is 6. The molecule has 0 rings (SSSR count). The van der Waals surface area contributed by atoms with Gasteiger partial charge < -0.3 is 24.3 Å². The summed E-state index contributed by atoms with van der Waals surface area (Å²) < 4.78 is 21.4. The molecule has 7 nitrogen and oxygen atoms in total. The lowest BCUT2D eigenvalue weighted by Gasteiger charge is -2.19. The van der Waals surface area contributed by atoms with Crippen molar-refractivity contribution in [3.63, 3.8) is 0 Å². The minimum Gasteiger partial charge on any atom is -0.460 e. The van der Waals surface area contributed by atoms with Crippen LogP contribution >= 0.6 is 0 Å². The van der Waals surface area contributed by atoms with Gasteiger partial charge in [0.2, 0.25) is 0 Å². The van der Waals surface area contributed by atoms with Crippen molar-refractivity contribution in [2.45, 2.75) is 238 Å². The fraction of sp³-hybridized carbons (Fsp3) is 0.956. The van der Waals surface area contributed by atoms with Crippen LogP contribution in [0.4, 0.5) is 4.79 Å². The fourth-order valence-electron chi connectivity index (χ4n) is 6.87. The second-order valence-corrected chi connectivity index (χ2v) is 15.4. The van der Waals surface area contributed by atoms with Crippen LogP contribution in [0.5, 0.6) is 0 Å². The van der Waals surface area contributed by atoms with Gasteiger partial charge in [-0.3, -0.25) is 4.79 Å². The molecule has 0 radical (unpaired) electrons. The third-order valence-corrected chi connectivity index (χ3v) is 10.3. The van der Waals surface area contributed by atoms with Gasteiger partial charge in [0, 0.05) is 13.5 Å². The van der Waals surface area contributed by atoms with E-state index in [0.29, 0.717) is 26.2 Å². The summed E-state index contributed by atoms with van der Waals surface area (Å²) in [6.45, 7) is 6.34. The molecule has 0 heterocycles. The lowest BCUT2D eigenvalue weighted by atomic mass is 10.0. The van der Waals surface area contributed by atoms with Crippen LogP contribution in [0, 0.1) is 0 Å². The molecule has 0 bridgehead atoms. The Morgan fingerprint density at radius 2 is 0.827 bits per heavy atom. The number of esters is 1. The highest BCUT2D eigenvalue weighted by Gasteiger charge is 2.16. The zero-order valence-electron chi connectivity index (χ0n) is 35.1. The molecule has 1 amide bonds. The number of rotatable bonds is 43. The molecule has 0 aliphatic carbocycles. The Hall–Kier alpha value is -1.34. The largest absolute Gasteiger partial charge is 0.460 e. The maximum Gasteiger partial charge on any atom is 0.407 e. The number of methoxy groups -OCH3 is 1. The Balaban J connectivity index is 4.07. The van der Waals surface area contributed by atoms with Gasteiger partial charge in [0.25, 0.3) is 0 Å². The maximum absolute atomic E-state index is 12.7. The van der Waals surface area contributed by atoms with E-state index in [1.807, 2.05) is 0 Å². The molecule has 1 N–H and O–H groups in total. The number of hydrogen-bond donors (Lipinski definition) is 1. The zero-order chi connectivity index (χ0) is 37.8. The monoisotopic (exact) mass is 740 g/mol. The SMILES string of the molecule is CCCCCCCCCCCCCCCCCCCC(CNC(=O)OCCOCCOC)OC(=O)CCCCCCCCCCCCCCCCC. The summed E-state index contributed by atoms with van der Waals surface area (Å²) >= 11 is 0. The smallest absolute Gasteiger partial charge is 0.407 e. The molecule has 1 atom stereocenters. The highest BCUT2D eigenvalue weighted by Crippen LogP contribution is 2.17. The Labute approximate surface area is 323 Å². The first kappa shape index (κ1) is 50.7. The van der Waals surface area contributed by atoms with E-state index in [4.69, 9.17) is 18.9 Å². The van der Waals surface area contributed by atoms with Crippen molar-refractivity contribution in [1.29, 1.82) is 0 Å². The number of unbranched alkanes of at least 4 members (excludes halogenated alkanes) is 30. The topological polar surface area (TPSA) is 83.1 Å². The third kappa shape index (κ3) is 41.4. The number of carbonyl (C=O) groups is 2. The van der Waals surface area contributed by atoms with Gasteiger partial charge in [-0.15, -0.1) is 0 Å². The third-order valence-electron chi connectivity index (χ3n) is 10.3. The molecular weight excluding hydrogens is 650 g/mol. The number of carbonyl (C=O) groups excluding carboxylic acids is 2. The molecule has 0 aliphatic rings. The van der Waals surface area contributed by atoms with Gasteiger partial charge in [0.1, 0.15) is 12.7 Å². The standard InChI is InChI=1S/C45H89NO6/c1-4-6-8-10-12-14-16-18-20-21-23-24-26-28-30-32-34-36-43(42-46-45(48)51-41-40-50-39-38-49-3)52-44(47)37-35-33-31-29-27-25-22-19-17-15-13-11-9-7-5-2/h43H,4-42H2,1-3H3,(H,46,48). The van der Waals surface area contributed by atoms with Crippen molar-refractivity contribution in [3.05, 3.63) is 0 Å². The van der Waals surface area contributed by atoms with E-state index in [1.54, 1.807) is 7.11 Å². The average Bonchev–Trinajstić information content (AvgIpc) is 3.14. The van der Waals surface area contributed by atoms with E-state index >= 15 is 0 Å². The molecular formula is C45H89NO6. The van der Waals surface area contributed by atoms with Crippen molar-refractivity contribution >= 4 is 12.1 Å². The minimum atomic E-state index is -0.499. The average molecular weight is 740 g/mol. The quantitative estimate of drug-likeness (QED) is 0.0495. The van der Waals surface area contributed by atoms with Gasteiger partial charge in [-0.1, -0.05) is 206 Å². The van der Waals surface area contributed by atoms with Crippen molar-refractivity contribution < 1.29 is 28.5 Å². The normalized spacial score (nSPS) is 11.9. The van der Waals surface area contributed by atoms with E-state index in [9.17, 15) is 9.59 Å². The van der Waals surface area contributed by atoms with E-state index in [0.717, 1.165) is 32.1 Å². The molecule has 0 aromatic rings. The van der Waals surface area contributed by atoms with Crippen LogP contribution in [-0.2, 0) is 23.7 Å². The van der Waals surface area contributed by atoms with E-state index in [2.05, 4.69) is 19.2 Å². The van der Waals surface area contributed by atoms with Crippen LogP contribution < -0.4 is 5.32 Å². The van der Waals surface area contributed by atoms with Crippen molar-refractivity contribution in [1.82, 2.24) is 5.32 Å². The zero-order valence-corrected chi connectivity index (χ0v) is 35.1. The number of amides is 1. The first-order valence-corrected chi connectivity index (χ1v) is 22.8. The van der Waals surface area contributed by atoms with Crippen LogP contribution in [0.25, 0.3) is 0 Å². The Morgan fingerprint density at radius 1 is 0.462 bits per heavy atom. The van der Waals surface area contributed by atoms with Gasteiger partial charge in [-0.05, 0) is 19.3 Å². The van der Waals surface area contributed by atoms with E-state index in [-0.39, 0.29) is 25.2 Å². The van der Waals surface area contributed by atoms with E-state index in [1.165, 1.54) is 180 Å². The molecule has 52 heavy (non-hydrogen) atoms. The Morgan fingerprint density at radius 3 is 1.23 bits per heavy atom. The molecule has 0 saturated heterocycles. The molecule has 0 aliphatic heterocycles.